The van der Waals surface area contributed by atoms with E-state index in [-0.39, 0.29) is 0 Å². The lowest BCUT2D eigenvalue weighted by atomic mass is 10.2. The van der Waals surface area contributed by atoms with Crippen molar-refractivity contribution in [3.8, 4) is 0 Å². The van der Waals surface area contributed by atoms with E-state index in [1.54, 1.807) is 12.3 Å². The predicted molar refractivity (Wildman–Crippen MR) is 93.5 cm³/mol. The second-order valence-corrected chi connectivity index (χ2v) is 11.6. The highest BCUT2D eigenvalue weighted by molar-refractivity contribution is 6.83. The quantitative estimate of drug-likeness (QED) is 0.262. The Labute approximate surface area is 133 Å². The lowest BCUT2D eigenvalue weighted by Gasteiger charge is -2.21. The monoisotopic (exact) mass is 316 g/mol. The zero-order valence-electron chi connectivity index (χ0n) is 14.9. The summed E-state index contributed by atoms with van der Waals surface area (Å²) in [6, 6.07) is 0. The third kappa shape index (κ3) is 13.2. The summed E-state index contributed by atoms with van der Waals surface area (Å²) in [4.78, 5) is 0. The summed E-state index contributed by atoms with van der Waals surface area (Å²) in [7, 11) is 0.530. The number of ether oxygens (including phenoxy) is 3. The van der Waals surface area contributed by atoms with Gasteiger partial charge in [0.1, 0.15) is 6.79 Å². The van der Waals surface area contributed by atoms with Gasteiger partial charge in [-0.25, -0.2) is 0 Å². The van der Waals surface area contributed by atoms with Gasteiger partial charge in [0.2, 0.25) is 0 Å². The normalized spacial score (nSPS) is 12.9. The predicted octanol–water partition coefficient (Wildman–Crippen LogP) is 4.79. The topological polar surface area (TPSA) is 27.7 Å². The van der Waals surface area contributed by atoms with Crippen molar-refractivity contribution in [1.82, 2.24) is 0 Å². The van der Waals surface area contributed by atoms with Gasteiger partial charge in [-0.15, -0.1) is 0 Å². The Balaban J connectivity index is 3.72. The van der Waals surface area contributed by atoms with Crippen molar-refractivity contribution in [2.75, 3.05) is 33.7 Å². The van der Waals surface area contributed by atoms with Gasteiger partial charge in [-0.2, -0.15) is 0 Å². The van der Waals surface area contributed by atoms with Gasteiger partial charge >= 0.3 is 0 Å². The van der Waals surface area contributed by atoms with E-state index in [0.717, 1.165) is 13.0 Å². The second kappa shape index (κ2) is 13.5. The van der Waals surface area contributed by atoms with Gasteiger partial charge in [0.05, 0.1) is 21.3 Å². The fourth-order valence-electron chi connectivity index (χ4n) is 2.10. The van der Waals surface area contributed by atoms with E-state index in [9.17, 15) is 0 Å². The van der Waals surface area contributed by atoms with Gasteiger partial charge in [-0.05, 0) is 25.7 Å². The van der Waals surface area contributed by atoms with E-state index in [0.29, 0.717) is 20.0 Å². The first-order valence-electron chi connectivity index (χ1n) is 8.36. The molecule has 0 amide bonds. The smallest absolute Gasteiger partial charge is 0.146 e. The number of hydrogen-bond donors (Lipinski definition) is 0. The van der Waals surface area contributed by atoms with Crippen molar-refractivity contribution in [2.24, 2.45) is 0 Å². The number of hydrogen-bond acceptors (Lipinski definition) is 3. The molecule has 0 aliphatic heterocycles. The van der Waals surface area contributed by atoms with Gasteiger partial charge < -0.3 is 14.2 Å². The highest BCUT2D eigenvalue weighted by Gasteiger charge is 2.18. The Hall–Kier alpha value is -0.163. The van der Waals surface area contributed by atoms with Crippen LogP contribution < -0.4 is 0 Å². The highest BCUT2D eigenvalue weighted by Crippen LogP contribution is 2.21. The Morgan fingerprint density at radius 3 is 2.29 bits per heavy atom. The van der Waals surface area contributed by atoms with Gasteiger partial charge in [0.15, 0.2) is 0 Å². The molecule has 0 saturated heterocycles. The minimum atomic E-state index is -1.15. The molecular formula is C17H36O3Si. The SMILES string of the molecule is CCCC/C=C(/CCCCOCOCCOC)[Si](C)(C)C. The molecule has 0 saturated carbocycles. The van der Waals surface area contributed by atoms with Crippen molar-refractivity contribution in [2.45, 2.75) is 65.1 Å². The molecule has 0 aromatic heterocycles. The molecule has 0 unspecified atom stereocenters. The maximum absolute atomic E-state index is 5.46. The molecule has 0 fully saturated rings. The Morgan fingerprint density at radius 1 is 0.952 bits per heavy atom. The van der Waals surface area contributed by atoms with Crippen molar-refractivity contribution >= 4 is 8.07 Å². The van der Waals surface area contributed by atoms with Crippen molar-refractivity contribution in [1.29, 1.82) is 0 Å². The molecule has 0 bridgehead atoms. The van der Waals surface area contributed by atoms with E-state index < -0.39 is 8.07 Å². The maximum atomic E-state index is 5.46. The van der Waals surface area contributed by atoms with E-state index >= 15 is 0 Å². The summed E-state index contributed by atoms with van der Waals surface area (Å²) in [6.07, 6.45) is 9.95. The van der Waals surface area contributed by atoms with Crippen molar-refractivity contribution < 1.29 is 14.2 Å². The van der Waals surface area contributed by atoms with Crippen LogP contribution in [-0.2, 0) is 14.2 Å². The molecule has 126 valence electrons. The van der Waals surface area contributed by atoms with Crippen LogP contribution in [0.5, 0.6) is 0 Å². The molecule has 0 radical (unpaired) electrons. The van der Waals surface area contributed by atoms with E-state index in [1.807, 2.05) is 0 Å². The summed E-state index contributed by atoms with van der Waals surface area (Å²) < 4.78 is 15.6. The number of allylic oxidation sites excluding steroid dienone is 2. The lowest BCUT2D eigenvalue weighted by Crippen LogP contribution is -2.24. The molecule has 0 aliphatic carbocycles. The van der Waals surface area contributed by atoms with Crippen LogP contribution in [0.3, 0.4) is 0 Å². The van der Waals surface area contributed by atoms with Crippen LogP contribution >= 0.6 is 0 Å². The first-order chi connectivity index (χ1) is 10.0. The van der Waals surface area contributed by atoms with Crippen molar-refractivity contribution in [3.05, 3.63) is 11.3 Å². The number of rotatable bonds is 14. The first-order valence-corrected chi connectivity index (χ1v) is 11.9. The molecule has 0 aromatic rings. The zero-order chi connectivity index (χ0) is 16.0. The van der Waals surface area contributed by atoms with E-state index in [4.69, 9.17) is 14.2 Å². The van der Waals surface area contributed by atoms with Crippen LogP contribution in [0.1, 0.15) is 45.4 Å². The lowest BCUT2D eigenvalue weighted by molar-refractivity contribution is -0.0663. The molecule has 3 nitrogen and oxygen atoms in total. The summed E-state index contributed by atoms with van der Waals surface area (Å²) in [5, 5.41) is 1.73. The average molecular weight is 317 g/mol. The summed E-state index contributed by atoms with van der Waals surface area (Å²) in [5.41, 5.74) is 0. The third-order valence-corrected chi connectivity index (χ3v) is 5.88. The van der Waals surface area contributed by atoms with Crippen LogP contribution in [0.4, 0.5) is 0 Å². The first kappa shape index (κ1) is 20.8. The molecule has 0 atom stereocenters. The molecule has 0 spiro atoms. The fourth-order valence-corrected chi connectivity index (χ4v) is 3.79. The molecule has 21 heavy (non-hydrogen) atoms. The molecular weight excluding hydrogens is 280 g/mol. The van der Waals surface area contributed by atoms with Gasteiger partial charge in [0.25, 0.3) is 0 Å². The Bertz CT molecular complexity index is 259. The molecule has 0 aromatic carbocycles. The van der Waals surface area contributed by atoms with Crippen molar-refractivity contribution in [3.63, 3.8) is 0 Å². The Morgan fingerprint density at radius 2 is 1.67 bits per heavy atom. The number of unbranched alkanes of at least 4 members (excludes halogenated alkanes) is 3. The number of methoxy groups -OCH3 is 1. The summed E-state index contributed by atoms with van der Waals surface area (Å²) >= 11 is 0. The minimum absolute atomic E-state index is 0.385. The van der Waals surface area contributed by atoms with E-state index in [1.165, 1.54) is 32.1 Å². The van der Waals surface area contributed by atoms with Gasteiger partial charge in [-0.1, -0.05) is 50.7 Å². The second-order valence-electron chi connectivity index (χ2n) is 6.51. The molecule has 0 rings (SSSR count). The summed E-state index contributed by atoms with van der Waals surface area (Å²) in [5.74, 6) is 0. The molecule has 4 heteroatoms. The highest BCUT2D eigenvalue weighted by atomic mass is 28.3. The van der Waals surface area contributed by atoms with E-state index in [2.05, 4.69) is 32.6 Å². The van der Waals surface area contributed by atoms with Gasteiger partial charge in [0, 0.05) is 13.7 Å². The zero-order valence-corrected chi connectivity index (χ0v) is 15.9. The fraction of sp³-hybridized carbons (Fsp3) is 0.882. The van der Waals surface area contributed by atoms with Crippen LogP contribution in [-0.4, -0.2) is 41.8 Å². The summed E-state index contributed by atoms with van der Waals surface area (Å²) in [6.45, 7) is 12.0. The van der Waals surface area contributed by atoms with Crippen LogP contribution in [0.25, 0.3) is 0 Å². The molecule has 0 heterocycles. The van der Waals surface area contributed by atoms with Crippen LogP contribution in [0.15, 0.2) is 11.3 Å². The molecule has 0 N–H and O–H groups in total. The molecule has 0 aliphatic rings. The van der Waals surface area contributed by atoms with Crippen LogP contribution in [0.2, 0.25) is 19.6 Å². The average Bonchev–Trinajstić information content (AvgIpc) is 2.42. The standard InChI is InChI=1S/C17H36O3Si/c1-6-7-8-11-17(21(3,4)5)12-9-10-13-19-16-20-15-14-18-2/h11H,6-10,12-16H2,1-5H3/b17-11-. The van der Waals surface area contributed by atoms with Crippen LogP contribution in [0, 0.1) is 0 Å². The largest absolute Gasteiger partial charge is 0.382 e. The minimum Gasteiger partial charge on any atom is -0.382 e. The van der Waals surface area contributed by atoms with Gasteiger partial charge in [-0.3, -0.25) is 0 Å². The third-order valence-electron chi connectivity index (χ3n) is 3.50. The maximum Gasteiger partial charge on any atom is 0.146 e. The Kier molecular flexibility index (Phi) is 13.4.